The first-order chi connectivity index (χ1) is 9.11. The summed E-state index contributed by atoms with van der Waals surface area (Å²) in [5.74, 6) is -1.23. The van der Waals surface area contributed by atoms with Crippen LogP contribution in [0.2, 0.25) is 0 Å². The van der Waals surface area contributed by atoms with E-state index in [9.17, 15) is 9.90 Å². The van der Waals surface area contributed by atoms with Crippen LogP contribution in [0.3, 0.4) is 0 Å². The van der Waals surface area contributed by atoms with Gasteiger partial charge in [-0.1, -0.05) is 25.1 Å². The summed E-state index contributed by atoms with van der Waals surface area (Å²) in [4.78, 5) is 17.3. The van der Waals surface area contributed by atoms with Crippen molar-refractivity contribution in [3.8, 4) is 0 Å². The molecule has 0 amide bonds. The number of benzene rings is 1. The Morgan fingerprint density at radius 3 is 2.68 bits per heavy atom. The van der Waals surface area contributed by atoms with Crippen LogP contribution >= 0.6 is 11.3 Å². The number of carboxylic acids is 1. The van der Waals surface area contributed by atoms with E-state index in [1.165, 1.54) is 11.3 Å². The highest BCUT2D eigenvalue weighted by atomic mass is 32.1. The second-order valence-corrected chi connectivity index (χ2v) is 5.31. The molecule has 0 bridgehead atoms. The summed E-state index contributed by atoms with van der Waals surface area (Å²) < 4.78 is 1.87. The van der Waals surface area contributed by atoms with Crippen LogP contribution in [0.25, 0.3) is 0 Å². The van der Waals surface area contributed by atoms with Crippen molar-refractivity contribution in [1.29, 1.82) is 0 Å². The summed E-state index contributed by atoms with van der Waals surface area (Å²) in [6.45, 7) is 1.88. The Labute approximate surface area is 115 Å². The van der Waals surface area contributed by atoms with Gasteiger partial charge in [0.05, 0.1) is 11.6 Å². The van der Waals surface area contributed by atoms with Crippen molar-refractivity contribution >= 4 is 23.0 Å². The molecule has 0 saturated carbocycles. The molecule has 0 saturated heterocycles. The molecule has 1 atom stereocenters. The predicted octanol–water partition coefficient (Wildman–Crippen LogP) is 2.90. The van der Waals surface area contributed by atoms with Gasteiger partial charge in [0.1, 0.15) is 0 Å². The van der Waals surface area contributed by atoms with Crippen LogP contribution < -0.4 is 4.80 Å². The first-order valence-electron chi connectivity index (χ1n) is 6.10. The fourth-order valence-electron chi connectivity index (χ4n) is 1.82. The number of aromatic nitrogens is 1. The van der Waals surface area contributed by atoms with Gasteiger partial charge in [-0.2, -0.15) is 0 Å². The van der Waals surface area contributed by atoms with Crippen LogP contribution in [0.4, 0.5) is 5.69 Å². The molecule has 1 N–H and O–H groups in total. The first-order valence-corrected chi connectivity index (χ1v) is 6.92. The minimum Gasteiger partial charge on any atom is -0.481 e. The molecule has 19 heavy (non-hydrogen) atoms. The Bertz CT molecular complexity index is 628. The molecule has 1 unspecified atom stereocenters. The maximum Gasteiger partial charge on any atom is 0.311 e. The summed E-state index contributed by atoms with van der Waals surface area (Å²) in [6, 6.07) is 9.65. The monoisotopic (exact) mass is 276 g/mol. The maximum absolute atomic E-state index is 11.2. The van der Waals surface area contributed by atoms with E-state index >= 15 is 0 Å². The second-order valence-electron chi connectivity index (χ2n) is 4.27. The Morgan fingerprint density at radius 2 is 2.11 bits per heavy atom. The average Bonchev–Trinajstić information content (AvgIpc) is 2.72. The summed E-state index contributed by atoms with van der Waals surface area (Å²) in [5.41, 5.74) is 0.870. The highest BCUT2D eigenvalue weighted by Crippen LogP contribution is 2.22. The van der Waals surface area contributed by atoms with Crippen molar-refractivity contribution in [2.75, 3.05) is 0 Å². The number of hydrogen-bond donors (Lipinski definition) is 1. The fourth-order valence-corrected chi connectivity index (χ4v) is 3.00. The summed E-state index contributed by atoms with van der Waals surface area (Å²) in [7, 11) is 1.89. The summed E-state index contributed by atoms with van der Waals surface area (Å²) in [6.07, 6.45) is 2.44. The van der Waals surface area contributed by atoms with E-state index in [0.717, 1.165) is 15.4 Å². The smallest absolute Gasteiger partial charge is 0.311 e. The normalized spacial score (nSPS) is 13.5. The molecular formula is C14H16N2O2S. The number of aryl methyl sites for hydroxylation is 1. The number of carboxylic acid groups (broad SMARTS) is 1. The number of hydrogen-bond acceptors (Lipinski definition) is 3. The second kappa shape index (κ2) is 5.84. The van der Waals surface area contributed by atoms with Crippen LogP contribution in [0, 0.1) is 0 Å². The molecule has 4 nitrogen and oxygen atoms in total. The van der Waals surface area contributed by atoms with Crippen LogP contribution in [0.5, 0.6) is 0 Å². The lowest BCUT2D eigenvalue weighted by molar-refractivity contribution is -0.138. The van der Waals surface area contributed by atoms with Crippen molar-refractivity contribution in [3.05, 3.63) is 46.2 Å². The zero-order valence-electron chi connectivity index (χ0n) is 10.9. The van der Waals surface area contributed by atoms with Gasteiger partial charge >= 0.3 is 5.97 Å². The van der Waals surface area contributed by atoms with Gasteiger partial charge in [-0.05, 0) is 18.6 Å². The molecule has 0 aliphatic rings. The molecule has 1 aromatic carbocycles. The average molecular weight is 276 g/mol. The number of rotatable bonds is 4. The number of para-hydroxylation sites is 1. The Kier molecular flexibility index (Phi) is 4.16. The SMILES string of the molecule is CCC(C(=O)O)c1cn(C)/c(=N\c2ccccc2)s1. The Morgan fingerprint density at radius 1 is 1.42 bits per heavy atom. The minimum absolute atomic E-state index is 0.448. The van der Waals surface area contributed by atoms with E-state index in [-0.39, 0.29) is 0 Å². The third-order valence-corrected chi connectivity index (χ3v) is 4.05. The molecule has 0 aliphatic carbocycles. The molecule has 0 fully saturated rings. The van der Waals surface area contributed by atoms with E-state index in [2.05, 4.69) is 4.99 Å². The first kappa shape index (κ1) is 13.5. The van der Waals surface area contributed by atoms with Crippen LogP contribution in [0.1, 0.15) is 24.1 Å². The fraction of sp³-hybridized carbons (Fsp3) is 0.286. The topological polar surface area (TPSA) is 54.6 Å². The molecule has 2 aromatic rings. The zero-order valence-corrected chi connectivity index (χ0v) is 11.7. The third-order valence-electron chi connectivity index (χ3n) is 2.86. The third kappa shape index (κ3) is 3.12. The molecule has 100 valence electrons. The van der Waals surface area contributed by atoms with E-state index in [0.29, 0.717) is 6.42 Å². The molecular weight excluding hydrogens is 260 g/mol. The van der Waals surface area contributed by atoms with Crippen molar-refractivity contribution in [3.63, 3.8) is 0 Å². The summed E-state index contributed by atoms with van der Waals surface area (Å²) >= 11 is 1.43. The van der Waals surface area contributed by atoms with Gasteiger partial charge in [-0.3, -0.25) is 4.79 Å². The Balaban J connectivity index is 2.42. The largest absolute Gasteiger partial charge is 0.481 e. The van der Waals surface area contributed by atoms with Gasteiger partial charge in [-0.15, -0.1) is 11.3 Å². The van der Waals surface area contributed by atoms with Crippen LogP contribution in [-0.4, -0.2) is 15.6 Å². The lowest BCUT2D eigenvalue weighted by Gasteiger charge is -2.04. The summed E-state index contributed by atoms with van der Waals surface area (Å²) in [5, 5.41) is 9.18. The predicted molar refractivity (Wildman–Crippen MR) is 75.6 cm³/mol. The van der Waals surface area contributed by atoms with Gasteiger partial charge < -0.3 is 9.67 Å². The van der Waals surface area contributed by atoms with Crippen molar-refractivity contribution in [1.82, 2.24) is 4.57 Å². The van der Waals surface area contributed by atoms with E-state index < -0.39 is 11.9 Å². The Hall–Kier alpha value is -1.88. The van der Waals surface area contributed by atoms with Crippen molar-refractivity contribution in [2.24, 2.45) is 12.0 Å². The molecule has 2 rings (SSSR count). The highest BCUT2D eigenvalue weighted by Gasteiger charge is 2.19. The lowest BCUT2D eigenvalue weighted by atomic mass is 10.1. The van der Waals surface area contributed by atoms with Crippen LogP contribution in [-0.2, 0) is 11.8 Å². The number of aliphatic carboxylic acids is 1. The number of thiazole rings is 1. The maximum atomic E-state index is 11.2. The molecule has 0 spiro atoms. The molecule has 5 heteroatoms. The van der Waals surface area contributed by atoms with E-state index in [1.807, 2.05) is 55.1 Å². The van der Waals surface area contributed by atoms with Gasteiger partial charge in [0, 0.05) is 18.1 Å². The van der Waals surface area contributed by atoms with Crippen molar-refractivity contribution in [2.45, 2.75) is 19.3 Å². The van der Waals surface area contributed by atoms with E-state index in [4.69, 9.17) is 0 Å². The molecule has 1 aromatic heterocycles. The number of carbonyl (C=O) groups is 1. The quantitative estimate of drug-likeness (QED) is 0.933. The lowest BCUT2D eigenvalue weighted by Crippen LogP contribution is -2.08. The highest BCUT2D eigenvalue weighted by molar-refractivity contribution is 7.09. The minimum atomic E-state index is -0.782. The molecule has 0 radical (unpaired) electrons. The zero-order chi connectivity index (χ0) is 13.8. The van der Waals surface area contributed by atoms with Crippen LogP contribution in [0.15, 0.2) is 41.5 Å². The van der Waals surface area contributed by atoms with Gasteiger partial charge in [-0.25, -0.2) is 4.99 Å². The molecule has 0 aliphatic heterocycles. The van der Waals surface area contributed by atoms with Gasteiger partial charge in [0.2, 0.25) is 0 Å². The van der Waals surface area contributed by atoms with Crippen molar-refractivity contribution < 1.29 is 9.90 Å². The number of nitrogens with zero attached hydrogens (tertiary/aromatic N) is 2. The van der Waals surface area contributed by atoms with E-state index in [1.54, 1.807) is 0 Å². The van der Waals surface area contributed by atoms with Gasteiger partial charge in [0.15, 0.2) is 4.80 Å². The van der Waals surface area contributed by atoms with Gasteiger partial charge in [0.25, 0.3) is 0 Å². The standard InChI is InChI=1S/C14H16N2O2S/c1-3-11(13(17)18)12-9-16(2)14(19-12)15-10-7-5-4-6-8-10/h4-9,11H,3H2,1-2H3,(H,17,18)/b15-14+. The molecule has 1 heterocycles.